The molecular weight excluding hydrogens is 260 g/mol. The molecule has 0 aromatic heterocycles. The molecule has 0 rings (SSSR count). The summed E-state index contributed by atoms with van der Waals surface area (Å²) in [4.78, 5) is 0. The number of hydrogen-bond acceptors (Lipinski definition) is 0. The van der Waals surface area contributed by atoms with Gasteiger partial charge in [0.25, 0.3) is 0 Å². The van der Waals surface area contributed by atoms with Crippen molar-refractivity contribution in [2.75, 3.05) is 0 Å². The van der Waals surface area contributed by atoms with Crippen LogP contribution in [0.2, 0.25) is 0 Å². The van der Waals surface area contributed by atoms with Crippen molar-refractivity contribution in [3.8, 4) is 0 Å². The molecule has 0 nitrogen and oxygen atoms in total. The molecule has 16 heavy (non-hydrogen) atoms. The molecule has 0 fully saturated rings. The second-order valence-corrected chi connectivity index (χ2v) is 4.56. The van der Waals surface area contributed by atoms with Gasteiger partial charge in [-0.05, 0) is 36.4 Å². The zero-order valence-electron chi connectivity index (χ0n) is 11.1. The second kappa shape index (κ2) is 10.7. The Morgan fingerprint density at radius 3 is 1.81 bits per heavy atom. The Labute approximate surface area is 109 Å². The molecule has 0 atom stereocenters. The molecule has 0 bridgehead atoms. The minimum atomic E-state index is 1.01. The summed E-state index contributed by atoms with van der Waals surface area (Å²) < 4.78 is 1.11. The Morgan fingerprint density at radius 1 is 0.938 bits per heavy atom. The van der Waals surface area contributed by atoms with E-state index in [-0.39, 0.29) is 0 Å². The van der Waals surface area contributed by atoms with Gasteiger partial charge in [-0.25, -0.2) is 0 Å². The molecule has 0 heterocycles. The van der Waals surface area contributed by atoms with Crippen molar-refractivity contribution in [1.82, 2.24) is 0 Å². The predicted octanol–water partition coefficient (Wildman–Crippen LogP) is 5.95. The highest BCUT2D eigenvalue weighted by Crippen LogP contribution is 2.11. The van der Waals surface area contributed by atoms with Gasteiger partial charge in [-0.3, -0.25) is 0 Å². The average Bonchev–Trinajstić information content (AvgIpc) is 2.25. The van der Waals surface area contributed by atoms with E-state index in [9.17, 15) is 0 Å². The molecule has 0 unspecified atom stereocenters. The van der Waals surface area contributed by atoms with Gasteiger partial charge in [0.2, 0.25) is 0 Å². The molecular formula is C15H23Br. The van der Waals surface area contributed by atoms with Crippen LogP contribution in [0, 0.1) is 0 Å². The fourth-order valence-electron chi connectivity index (χ4n) is 0.721. The Hall–Kier alpha value is -0.820. The molecule has 0 N–H and O–H groups in total. The normalized spacial score (nSPS) is 12.1. The van der Waals surface area contributed by atoms with Crippen LogP contribution in [0.4, 0.5) is 0 Å². The fraction of sp³-hybridized carbons (Fsp3) is 0.333. The van der Waals surface area contributed by atoms with E-state index in [2.05, 4.69) is 29.1 Å². The maximum atomic E-state index is 3.96. The number of allylic oxidation sites excluding steroid dienone is 8. The first-order valence-corrected chi connectivity index (χ1v) is 6.26. The van der Waals surface area contributed by atoms with Crippen molar-refractivity contribution in [3.63, 3.8) is 0 Å². The zero-order valence-corrected chi connectivity index (χ0v) is 12.7. The van der Waals surface area contributed by atoms with Gasteiger partial charge >= 0.3 is 0 Å². The van der Waals surface area contributed by atoms with Gasteiger partial charge in [-0.2, -0.15) is 0 Å². The van der Waals surface area contributed by atoms with Crippen LogP contribution >= 0.6 is 15.9 Å². The lowest BCUT2D eigenvalue weighted by molar-refractivity contribution is 1.43. The molecule has 0 saturated carbocycles. The van der Waals surface area contributed by atoms with Crippen LogP contribution < -0.4 is 0 Å². The van der Waals surface area contributed by atoms with Crippen LogP contribution in [0.5, 0.6) is 0 Å². The topological polar surface area (TPSA) is 0 Å². The summed E-state index contributed by atoms with van der Waals surface area (Å²) in [5, 5.41) is 0. The largest absolute Gasteiger partial charge is 0.0961 e. The molecule has 0 aliphatic carbocycles. The fourth-order valence-corrected chi connectivity index (χ4v) is 0.853. The van der Waals surface area contributed by atoms with E-state index >= 15 is 0 Å². The lowest BCUT2D eigenvalue weighted by Gasteiger charge is -1.98. The van der Waals surface area contributed by atoms with Crippen molar-refractivity contribution in [1.29, 1.82) is 0 Å². The summed E-state index contributed by atoms with van der Waals surface area (Å²) in [7, 11) is 0. The summed E-state index contributed by atoms with van der Waals surface area (Å²) >= 11 is 3.37. The Balaban J connectivity index is 0. The van der Waals surface area contributed by atoms with Gasteiger partial charge in [0.1, 0.15) is 0 Å². The highest BCUT2D eigenvalue weighted by atomic mass is 79.9. The van der Waals surface area contributed by atoms with Crippen LogP contribution in [0.1, 0.15) is 34.6 Å². The SMILES string of the molecule is C=C(C)/C=C\C(=C)/C(C)=C/C=C(\C)Br.CC. The van der Waals surface area contributed by atoms with Crippen molar-refractivity contribution in [2.24, 2.45) is 0 Å². The first kappa shape index (κ1) is 17.6. The first-order chi connectivity index (χ1) is 7.43. The van der Waals surface area contributed by atoms with Gasteiger partial charge < -0.3 is 0 Å². The van der Waals surface area contributed by atoms with E-state index in [4.69, 9.17) is 0 Å². The molecule has 0 aromatic carbocycles. The molecule has 0 aliphatic heterocycles. The average molecular weight is 283 g/mol. The van der Waals surface area contributed by atoms with Crippen LogP contribution in [0.15, 0.2) is 58.7 Å². The van der Waals surface area contributed by atoms with E-state index in [1.165, 1.54) is 0 Å². The summed E-state index contributed by atoms with van der Waals surface area (Å²) in [6.45, 7) is 17.8. The quantitative estimate of drug-likeness (QED) is 0.559. The molecule has 1 heteroatoms. The smallest absolute Gasteiger partial charge is 0.00803 e. The maximum Gasteiger partial charge on any atom is -0.00803 e. The van der Waals surface area contributed by atoms with Gasteiger partial charge in [-0.1, -0.05) is 72.8 Å². The Morgan fingerprint density at radius 2 is 1.44 bits per heavy atom. The monoisotopic (exact) mass is 282 g/mol. The minimum absolute atomic E-state index is 1.01. The standard InChI is InChI=1S/C13H17Br.C2H6/c1-10(2)6-7-11(3)12(4)8-9-13(5)14;1-2/h6-9H,1,3H2,2,4-5H3;1-2H3/b7-6-,12-8+,13-9+;. The van der Waals surface area contributed by atoms with Crippen LogP contribution in [0.3, 0.4) is 0 Å². The molecule has 0 radical (unpaired) electrons. The van der Waals surface area contributed by atoms with E-state index in [0.29, 0.717) is 0 Å². The molecule has 0 amide bonds. The van der Waals surface area contributed by atoms with Crippen LogP contribution in [0.25, 0.3) is 0 Å². The van der Waals surface area contributed by atoms with Gasteiger partial charge in [0.05, 0.1) is 0 Å². The lowest BCUT2D eigenvalue weighted by Crippen LogP contribution is -1.78. The van der Waals surface area contributed by atoms with E-state index in [1.807, 2.05) is 58.9 Å². The van der Waals surface area contributed by atoms with Crippen LogP contribution in [-0.2, 0) is 0 Å². The predicted molar refractivity (Wildman–Crippen MR) is 80.9 cm³/mol. The number of hydrogen-bond donors (Lipinski definition) is 0. The van der Waals surface area contributed by atoms with Gasteiger partial charge in [0, 0.05) is 0 Å². The highest BCUT2D eigenvalue weighted by Gasteiger charge is 1.90. The molecule has 0 aromatic rings. The van der Waals surface area contributed by atoms with Gasteiger partial charge in [-0.15, -0.1) is 0 Å². The van der Waals surface area contributed by atoms with Crippen molar-refractivity contribution in [2.45, 2.75) is 34.6 Å². The Kier molecular flexibility index (Phi) is 11.7. The zero-order chi connectivity index (χ0) is 13.1. The third kappa shape index (κ3) is 11.3. The van der Waals surface area contributed by atoms with Crippen molar-refractivity contribution < 1.29 is 0 Å². The third-order valence-corrected chi connectivity index (χ3v) is 1.90. The molecule has 0 spiro atoms. The van der Waals surface area contributed by atoms with E-state index < -0.39 is 0 Å². The maximum absolute atomic E-state index is 3.96. The second-order valence-electron chi connectivity index (χ2n) is 3.31. The van der Waals surface area contributed by atoms with Gasteiger partial charge in [0.15, 0.2) is 0 Å². The van der Waals surface area contributed by atoms with Crippen molar-refractivity contribution in [3.05, 3.63) is 58.7 Å². The van der Waals surface area contributed by atoms with E-state index in [0.717, 1.165) is 21.2 Å². The Bertz CT molecular complexity index is 310. The molecule has 90 valence electrons. The van der Waals surface area contributed by atoms with E-state index in [1.54, 1.807) is 0 Å². The molecule has 0 saturated heterocycles. The van der Waals surface area contributed by atoms with Crippen LogP contribution in [-0.4, -0.2) is 0 Å². The minimum Gasteiger partial charge on any atom is -0.0961 e. The first-order valence-electron chi connectivity index (χ1n) is 5.47. The number of rotatable bonds is 4. The molecule has 0 aliphatic rings. The summed E-state index contributed by atoms with van der Waals surface area (Å²) in [6.07, 6.45) is 7.99. The summed E-state index contributed by atoms with van der Waals surface area (Å²) in [5.74, 6) is 0. The number of halogens is 1. The highest BCUT2D eigenvalue weighted by molar-refractivity contribution is 9.11. The summed E-state index contributed by atoms with van der Waals surface area (Å²) in [6, 6.07) is 0. The van der Waals surface area contributed by atoms with Crippen molar-refractivity contribution >= 4 is 15.9 Å². The summed E-state index contributed by atoms with van der Waals surface area (Å²) in [5.41, 5.74) is 3.20. The lowest BCUT2D eigenvalue weighted by atomic mass is 10.1. The third-order valence-electron chi connectivity index (χ3n) is 1.64.